The van der Waals surface area contributed by atoms with Crippen LogP contribution in [-0.2, 0) is 6.42 Å². The minimum atomic E-state index is -0.337. The minimum Gasteiger partial charge on any atom is -0.495 e. The zero-order chi connectivity index (χ0) is 21.7. The summed E-state index contributed by atoms with van der Waals surface area (Å²) in [4.78, 5) is 18.4. The van der Waals surface area contributed by atoms with Crippen LogP contribution in [0.2, 0.25) is 10.0 Å². The van der Waals surface area contributed by atoms with Crippen molar-refractivity contribution in [1.29, 1.82) is 0 Å². The largest absolute Gasteiger partial charge is 0.495 e. The van der Waals surface area contributed by atoms with Crippen LogP contribution >= 0.6 is 23.2 Å². The van der Waals surface area contributed by atoms with Gasteiger partial charge in [0.05, 0.1) is 24.9 Å². The van der Waals surface area contributed by atoms with Gasteiger partial charge in [0.15, 0.2) is 5.82 Å². The van der Waals surface area contributed by atoms with Crippen LogP contribution in [0.5, 0.6) is 11.5 Å². The predicted octanol–water partition coefficient (Wildman–Crippen LogP) is 4.77. The lowest BCUT2D eigenvalue weighted by Crippen LogP contribution is -2.33. The van der Waals surface area contributed by atoms with Crippen molar-refractivity contribution in [2.45, 2.75) is 6.42 Å². The van der Waals surface area contributed by atoms with E-state index in [0.29, 0.717) is 51.9 Å². The molecule has 0 aliphatic rings. The Morgan fingerprint density at radius 2 is 1.83 bits per heavy atom. The standard InChI is InChI=1S/C20H20Cl2N4O4/c1-26(20(27)23-15-10-14(22)16(28-2)11-17(15)29-3)9-8-18-24-19(30-25-18)12-4-6-13(21)7-5-12/h4-7,10-11H,8-9H2,1-3H3,(H,23,27). The van der Waals surface area contributed by atoms with Crippen LogP contribution in [0.1, 0.15) is 5.82 Å². The molecular weight excluding hydrogens is 431 g/mol. The van der Waals surface area contributed by atoms with Crippen molar-refractivity contribution in [1.82, 2.24) is 15.0 Å². The Balaban J connectivity index is 1.60. The molecule has 1 heterocycles. The highest BCUT2D eigenvalue weighted by Gasteiger charge is 2.16. The summed E-state index contributed by atoms with van der Waals surface area (Å²) in [5.41, 5.74) is 1.21. The van der Waals surface area contributed by atoms with Crippen LogP contribution in [0, 0.1) is 0 Å². The molecule has 1 N–H and O–H groups in total. The van der Waals surface area contributed by atoms with Gasteiger partial charge in [-0.3, -0.25) is 0 Å². The number of hydrogen-bond donors (Lipinski definition) is 1. The average molecular weight is 451 g/mol. The van der Waals surface area contributed by atoms with E-state index in [1.165, 1.54) is 19.1 Å². The van der Waals surface area contributed by atoms with Gasteiger partial charge in [0.1, 0.15) is 11.5 Å². The molecular formula is C20H20Cl2N4O4. The maximum atomic E-state index is 12.5. The van der Waals surface area contributed by atoms with Gasteiger partial charge in [-0.2, -0.15) is 4.98 Å². The van der Waals surface area contributed by atoms with Crippen molar-refractivity contribution in [2.24, 2.45) is 0 Å². The third-order valence-electron chi connectivity index (χ3n) is 4.29. The zero-order valence-corrected chi connectivity index (χ0v) is 18.1. The van der Waals surface area contributed by atoms with E-state index >= 15 is 0 Å². The molecule has 1 aromatic heterocycles. The molecule has 0 radical (unpaired) electrons. The maximum Gasteiger partial charge on any atom is 0.321 e. The molecule has 0 bridgehead atoms. The Labute approximate surface area is 183 Å². The molecule has 0 saturated heterocycles. The Kier molecular flexibility index (Phi) is 7.02. The first-order chi connectivity index (χ1) is 14.4. The van der Waals surface area contributed by atoms with Gasteiger partial charge < -0.3 is 24.2 Å². The van der Waals surface area contributed by atoms with E-state index in [-0.39, 0.29) is 6.03 Å². The van der Waals surface area contributed by atoms with Crippen molar-refractivity contribution in [3.05, 3.63) is 52.3 Å². The summed E-state index contributed by atoms with van der Waals surface area (Å²) in [6, 6.07) is 9.94. The molecule has 8 nitrogen and oxygen atoms in total. The second-order valence-electron chi connectivity index (χ2n) is 6.31. The smallest absolute Gasteiger partial charge is 0.321 e. The fourth-order valence-corrected chi connectivity index (χ4v) is 2.97. The number of hydrogen-bond acceptors (Lipinski definition) is 6. The van der Waals surface area contributed by atoms with Gasteiger partial charge in [-0.05, 0) is 30.3 Å². The zero-order valence-electron chi connectivity index (χ0n) is 16.6. The van der Waals surface area contributed by atoms with E-state index in [1.807, 2.05) is 0 Å². The number of anilines is 1. The minimum absolute atomic E-state index is 0.337. The number of carbonyl (C=O) groups is 1. The lowest BCUT2D eigenvalue weighted by molar-refractivity contribution is 0.222. The van der Waals surface area contributed by atoms with Crippen molar-refractivity contribution in [3.8, 4) is 23.0 Å². The summed E-state index contributed by atoms with van der Waals surface area (Å²) in [7, 11) is 4.66. The monoisotopic (exact) mass is 450 g/mol. The van der Waals surface area contributed by atoms with Gasteiger partial charge in [0, 0.05) is 36.7 Å². The number of urea groups is 1. The van der Waals surface area contributed by atoms with E-state index in [9.17, 15) is 4.79 Å². The van der Waals surface area contributed by atoms with Gasteiger partial charge in [-0.1, -0.05) is 28.4 Å². The molecule has 3 aromatic rings. The van der Waals surface area contributed by atoms with Crippen LogP contribution in [0.3, 0.4) is 0 Å². The number of aromatic nitrogens is 2. The van der Waals surface area contributed by atoms with Gasteiger partial charge in [-0.15, -0.1) is 0 Å². The SMILES string of the molecule is COc1cc(OC)c(NC(=O)N(C)CCc2noc(-c3ccc(Cl)cc3)n2)cc1Cl. The second kappa shape index (κ2) is 9.69. The van der Waals surface area contributed by atoms with E-state index in [0.717, 1.165) is 5.56 Å². The summed E-state index contributed by atoms with van der Waals surface area (Å²) < 4.78 is 15.7. The van der Waals surface area contributed by atoms with E-state index in [2.05, 4.69) is 15.5 Å². The third-order valence-corrected chi connectivity index (χ3v) is 4.84. The van der Waals surface area contributed by atoms with Crippen LogP contribution < -0.4 is 14.8 Å². The number of nitrogens with one attached hydrogen (secondary N) is 1. The summed E-state index contributed by atoms with van der Waals surface area (Å²) in [5.74, 6) is 1.77. The van der Waals surface area contributed by atoms with Crippen LogP contribution in [0.25, 0.3) is 11.5 Å². The number of rotatable bonds is 7. The highest BCUT2D eigenvalue weighted by atomic mass is 35.5. The van der Waals surface area contributed by atoms with Crippen LogP contribution in [0.4, 0.5) is 10.5 Å². The number of nitrogens with zero attached hydrogens (tertiary/aromatic N) is 3. The summed E-state index contributed by atoms with van der Waals surface area (Å²) in [5, 5.41) is 7.72. The number of benzene rings is 2. The van der Waals surface area contributed by atoms with Crippen molar-refractivity contribution >= 4 is 34.9 Å². The first-order valence-electron chi connectivity index (χ1n) is 8.93. The quantitative estimate of drug-likeness (QED) is 0.557. The van der Waals surface area contributed by atoms with Crippen molar-refractivity contribution < 1.29 is 18.8 Å². The molecule has 0 spiro atoms. The molecule has 0 saturated carbocycles. The lowest BCUT2D eigenvalue weighted by Gasteiger charge is -2.19. The molecule has 0 aliphatic heterocycles. The Hall–Kier alpha value is -2.97. The van der Waals surface area contributed by atoms with E-state index in [1.54, 1.807) is 43.4 Å². The maximum absolute atomic E-state index is 12.5. The molecule has 0 atom stereocenters. The average Bonchev–Trinajstić information content (AvgIpc) is 3.21. The van der Waals surface area contributed by atoms with Gasteiger partial charge in [0.25, 0.3) is 5.89 Å². The van der Waals surface area contributed by atoms with Gasteiger partial charge in [-0.25, -0.2) is 4.79 Å². The topological polar surface area (TPSA) is 89.7 Å². The van der Waals surface area contributed by atoms with E-state index in [4.69, 9.17) is 37.2 Å². The molecule has 0 fully saturated rings. The highest BCUT2D eigenvalue weighted by Crippen LogP contribution is 2.36. The fourth-order valence-electron chi connectivity index (χ4n) is 2.60. The number of ether oxygens (including phenoxy) is 2. The van der Waals surface area contributed by atoms with E-state index < -0.39 is 0 Å². The molecule has 3 rings (SSSR count). The summed E-state index contributed by atoms with van der Waals surface area (Å²) in [6.07, 6.45) is 0.418. The molecule has 158 valence electrons. The Bertz CT molecular complexity index is 1020. The molecule has 10 heteroatoms. The Morgan fingerprint density at radius 3 is 2.50 bits per heavy atom. The van der Waals surface area contributed by atoms with Crippen molar-refractivity contribution in [2.75, 3.05) is 33.1 Å². The molecule has 0 unspecified atom stereocenters. The van der Waals surface area contributed by atoms with Crippen LogP contribution in [-0.4, -0.2) is 48.9 Å². The summed E-state index contributed by atoms with van der Waals surface area (Å²) in [6.45, 7) is 0.373. The third kappa shape index (κ3) is 5.14. The van der Waals surface area contributed by atoms with Crippen molar-refractivity contribution in [3.63, 3.8) is 0 Å². The molecule has 2 amide bonds. The number of amides is 2. The number of carbonyl (C=O) groups excluding carboxylic acids is 1. The lowest BCUT2D eigenvalue weighted by atomic mass is 10.2. The number of likely N-dealkylation sites (N-methyl/N-ethyl adjacent to an activating group) is 1. The van der Waals surface area contributed by atoms with Gasteiger partial charge in [0.2, 0.25) is 0 Å². The normalized spacial score (nSPS) is 10.6. The second-order valence-corrected chi connectivity index (χ2v) is 7.16. The first kappa shape index (κ1) is 21.7. The number of halogens is 2. The summed E-state index contributed by atoms with van der Waals surface area (Å²) >= 11 is 12.0. The van der Waals surface area contributed by atoms with Crippen LogP contribution in [0.15, 0.2) is 40.9 Å². The number of methoxy groups -OCH3 is 2. The highest BCUT2D eigenvalue weighted by molar-refractivity contribution is 6.32. The first-order valence-corrected chi connectivity index (χ1v) is 9.69. The molecule has 30 heavy (non-hydrogen) atoms. The Morgan fingerprint density at radius 1 is 1.13 bits per heavy atom. The van der Waals surface area contributed by atoms with Gasteiger partial charge >= 0.3 is 6.03 Å². The predicted molar refractivity (Wildman–Crippen MR) is 115 cm³/mol. The molecule has 0 aliphatic carbocycles. The molecule has 2 aromatic carbocycles. The fraction of sp³-hybridized carbons (Fsp3) is 0.250.